The van der Waals surface area contributed by atoms with Crippen LogP contribution in [0.2, 0.25) is 0 Å². The molecular weight excluding hydrogens is 450 g/mol. The molecule has 0 radical (unpaired) electrons. The summed E-state index contributed by atoms with van der Waals surface area (Å²) in [6, 6.07) is 2.79. The van der Waals surface area contributed by atoms with Crippen LogP contribution in [0.1, 0.15) is 27.6 Å². The second-order valence-electron chi connectivity index (χ2n) is 9.16. The largest absolute Gasteiger partial charge is 0.461 e. The molecule has 2 saturated heterocycles. The molecule has 2 fully saturated rings. The molecule has 5 rings (SSSR count). The molecule has 0 saturated carbocycles. The summed E-state index contributed by atoms with van der Waals surface area (Å²) in [5.74, 6) is -2.82. The van der Waals surface area contributed by atoms with Gasteiger partial charge in [-0.05, 0) is 34.9 Å². The number of rotatable bonds is 6. The summed E-state index contributed by atoms with van der Waals surface area (Å²) in [4.78, 5) is 27.3. The topological polar surface area (TPSA) is 99.5 Å². The molecule has 4 unspecified atom stereocenters. The quantitative estimate of drug-likeness (QED) is 0.584. The molecular formula is C24H26F2N2O6. The van der Waals surface area contributed by atoms with Gasteiger partial charge in [-0.15, -0.1) is 0 Å². The number of cyclic esters (lactones) is 2. The summed E-state index contributed by atoms with van der Waals surface area (Å²) in [5.41, 5.74) is 1.80. The average Bonchev–Trinajstić information content (AvgIpc) is 3.38. The number of alkyl halides is 1. The number of halogens is 2. The van der Waals surface area contributed by atoms with Crippen molar-refractivity contribution in [2.75, 3.05) is 45.9 Å². The molecule has 1 aliphatic carbocycles. The van der Waals surface area contributed by atoms with Gasteiger partial charge in [0.1, 0.15) is 36.7 Å². The van der Waals surface area contributed by atoms with Gasteiger partial charge in [0.25, 0.3) is 0 Å². The second-order valence-corrected chi connectivity index (χ2v) is 9.16. The summed E-state index contributed by atoms with van der Waals surface area (Å²) < 4.78 is 38.4. The lowest BCUT2D eigenvalue weighted by molar-refractivity contribution is -0.142. The van der Waals surface area contributed by atoms with E-state index in [0.717, 1.165) is 0 Å². The highest BCUT2D eigenvalue weighted by molar-refractivity contribution is 5.93. The zero-order chi connectivity index (χ0) is 24.0. The Morgan fingerprint density at radius 2 is 1.68 bits per heavy atom. The van der Waals surface area contributed by atoms with Crippen LogP contribution >= 0.6 is 0 Å². The molecule has 0 spiro atoms. The van der Waals surface area contributed by atoms with Crippen LogP contribution in [0.15, 0.2) is 35.4 Å². The summed E-state index contributed by atoms with van der Waals surface area (Å²) in [6.07, 6.45) is -0.341. The number of fused-ring (bicyclic) bond motifs is 2. The molecule has 3 aliphatic heterocycles. The molecule has 8 nitrogen and oxygen atoms in total. The van der Waals surface area contributed by atoms with Crippen molar-refractivity contribution in [3.63, 3.8) is 0 Å². The number of benzene rings is 1. The van der Waals surface area contributed by atoms with Gasteiger partial charge in [-0.3, -0.25) is 14.6 Å². The fourth-order valence-electron chi connectivity index (χ4n) is 4.99. The maximum atomic E-state index is 14.4. The SMILES string of the molecule is O=C1OCc2cc(C(O)CN3CCN(CC(O)C4=CC(F)C5C(=O)OCC5=C4)CC3)cc(F)c21. The summed E-state index contributed by atoms with van der Waals surface area (Å²) >= 11 is 0. The summed E-state index contributed by atoms with van der Waals surface area (Å²) in [5, 5.41) is 21.3. The zero-order valence-electron chi connectivity index (χ0n) is 18.5. The summed E-state index contributed by atoms with van der Waals surface area (Å²) in [6.45, 7) is 3.24. The molecule has 0 bridgehead atoms. The molecule has 2 N–H and O–H groups in total. The first-order valence-corrected chi connectivity index (χ1v) is 11.3. The van der Waals surface area contributed by atoms with E-state index in [4.69, 9.17) is 9.47 Å². The Balaban J connectivity index is 1.13. The van der Waals surface area contributed by atoms with Crippen molar-refractivity contribution in [3.8, 4) is 0 Å². The maximum absolute atomic E-state index is 14.4. The first kappa shape index (κ1) is 23.1. The third-order valence-electron chi connectivity index (χ3n) is 6.91. The third kappa shape index (κ3) is 4.38. The molecule has 3 heterocycles. The Morgan fingerprint density at radius 3 is 2.38 bits per heavy atom. The fraction of sp³-hybridized carbons (Fsp3) is 0.500. The van der Waals surface area contributed by atoms with Crippen molar-refractivity contribution in [2.24, 2.45) is 5.92 Å². The van der Waals surface area contributed by atoms with Crippen molar-refractivity contribution in [1.29, 1.82) is 0 Å². The Morgan fingerprint density at radius 1 is 1.00 bits per heavy atom. The average molecular weight is 476 g/mol. The molecule has 10 heteroatoms. The summed E-state index contributed by atoms with van der Waals surface area (Å²) in [7, 11) is 0. The van der Waals surface area contributed by atoms with Gasteiger partial charge in [0.2, 0.25) is 0 Å². The Labute approximate surface area is 195 Å². The van der Waals surface area contributed by atoms with E-state index in [2.05, 4.69) is 4.90 Å². The first-order valence-electron chi connectivity index (χ1n) is 11.3. The van der Waals surface area contributed by atoms with Crippen LogP contribution in [0, 0.1) is 11.7 Å². The van der Waals surface area contributed by atoms with Crippen molar-refractivity contribution < 1.29 is 38.1 Å². The second kappa shape index (κ2) is 9.18. The normalized spacial score (nSPS) is 26.8. The van der Waals surface area contributed by atoms with Gasteiger partial charge in [0, 0.05) is 44.8 Å². The minimum absolute atomic E-state index is 0.00685. The van der Waals surface area contributed by atoms with E-state index in [1.807, 2.05) is 4.90 Å². The molecule has 0 aromatic heterocycles. The molecule has 34 heavy (non-hydrogen) atoms. The number of allylic oxidation sites excluding steroid dienone is 1. The highest BCUT2D eigenvalue weighted by Crippen LogP contribution is 2.34. The number of hydrogen-bond donors (Lipinski definition) is 2. The highest BCUT2D eigenvalue weighted by Gasteiger charge is 2.41. The fourth-order valence-corrected chi connectivity index (χ4v) is 4.99. The molecule has 4 atom stereocenters. The first-order chi connectivity index (χ1) is 16.3. The number of carbonyl (C=O) groups is 2. The zero-order valence-corrected chi connectivity index (χ0v) is 18.5. The van der Waals surface area contributed by atoms with Crippen LogP contribution in [0.25, 0.3) is 0 Å². The molecule has 1 aromatic rings. The number of β-amino-alcohol motifs (C(OH)–C–C–N with tert-alkyl or cyclic N) is 2. The van der Waals surface area contributed by atoms with Crippen LogP contribution in [0.5, 0.6) is 0 Å². The number of ether oxygens (including phenoxy) is 2. The lowest BCUT2D eigenvalue weighted by Gasteiger charge is -2.37. The monoisotopic (exact) mass is 476 g/mol. The van der Waals surface area contributed by atoms with Gasteiger partial charge in [-0.2, -0.15) is 0 Å². The predicted molar refractivity (Wildman–Crippen MR) is 115 cm³/mol. The third-order valence-corrected chi connectivity index (χ3v) is 6.91. The number of aliphatic hydroxyl groups excluding tert-OH is 2. The smallest absolute Gasteiger partial charge is 0.341 e. The highest BCUT2D eigenvalue weighted by atomic mass is 19.1. The van der Waals surface area contributed by atoms with Crippen LogP contribution in [-0.4, -0.2) is 90.1 Å². The lowest BCUT2D eigenvalue weighted by atomic mass is 9.87. The van der Waals surface area contributed by atoms with E-state index in [0.29, 0.717) is 61.5 Å². The minimum Gasteiger partial charge on any atom is -0.461 e. The van der Waals surface area contributed by atoms with Crippen LogP contribution < -0.4 is 0 Å². The van der Waals surface area contributed by atoms with E-state index in [1.165, 1.54) is 12.1 Å². The molecule has 1 aromatic carbocycles. The van der Waals surface area contributed by atoms with Gasteiger partial charge in [0.15, 0.2) is 0 Å². The number of esters is 2. The van der Waals surface area contributed by atoms with Crippen molar-refractivity contribution in [1.82, 2.24) is 9.80 Å². The Kier molecular flexibility index (Phi) is 6.24. The predicted octanol–water partition coefficient (Wildman–Crippen LogP) is 0.885. The van der Waals surface area contributed by atoms with E-state index in [9.17, 15) is 28.6 Å². The molecule has 4 aliphatic rings. The number of piperazine rings is 1. The van der Waals surface area contributed by atoms with E-state index in [1.54, 1.807) is 12.1 Å². The minimum atomic E-state index is -1.49. The van der Waals surface area contributed by atoms with E-state index >= 15 is 0 Å². The number of carbonyl (C=O) groups excluding carboxylic acids is 2. The van der Waals surface area contributed by atoms with Crippen LogP contribution in [-0.2, 0) is 20.9 Å². The number of hydrogen-bond acceptors (Lipinski definition) is 8. The maximum Gasteiger partial charge on any atom is 0.341 e. The van der Waals surface area contributed by atoms with Gasteiger partial charge in [-0.1, -0.05) is 6.08 Å². The van der Waals surface area contributed by atoms with Gasteiger partial charge in [-0.25, -0.2) is 13.6 Å². The number of nitrogens with zero attached hydrogens (tertiary/aromatic N) is 2. The van der Waals surface area contributed by atoms with Gasteiger partial charge in [0.05, 0.1) is 12.2 Å². The number of aliphatic hydroxyl groups is 2. The van der Waals surface area contributed by atoms with Crippen LogP contribution in [0.4, 0.5) is 8.78 Å². The van der Waals surface area contributed by atoms with Gasteiger partial charge < -0.3 is 19.7 Å². The van der Waals surface area contributed by atoms with E-state index in [-0.39, 0.29) is 18.8 Å². The molecule has 182 valence electrons. The van der Waals surface area contributed by atoms with Crippen molar-refractivity contribution in [3.05, 3.63) is 57.9 Å². The van der Waals surface area contributed by atoms with Crippen LogP contribution in [0.3, 0.4) is 0 Å². The van der Waals surface area contributed by atoms with Crippen molar-refractivity contribution >= 4 is 11.9 Å². The standard InChI is InChI=1S/C24H26F2N2O6/c25-17-7-13(5-15-11-33-23(31)21(15)17)19(29)9-27-1-2-28(4-3-27)10-20(30)14-6-16-12-34-24(32)22(16)18(26)8-14/h5-8,17,19-21,29-30H,1-4,9-12H2. The lowest BCUT2D eigenvalue weighted by Crippen LogP contribution is -2.49. The molecule has 0 amide bonds. The Hall–Kier alpha value is -2.66. The Bertz CT molecular complexity index is 1070. The van der Waals surface area contributed by atoms with Crippen molar-refractivity contribution in [2.45, 2.75) is 25.0 Å². The van der Waals surface area contributed by atoms with E-state index < -0.39 is 42.1 Å². The van der Waals surface area contributed by atoms with Gasteiger partial charge >= 0.3 is 11.9 Å².